The van der Waals surface area contributed by atoms with Crippen LogP contribution in [0, 0.1) is 6.92 Å². The van der Waals surface area contributed by atoms with Crippen LogP contribution >= 0.6 is 11.3 Å². The maximum absolute atomic E-state index is 6.04. The summed E-state index contributed by atoms with van der Waals surface area (Å²) in [6.07, 6.45) is 0. The van der Waals surface area contributed by atoms with Crippen LogP contribution in [0.5, 0.6) is 5.75 Å². The zero-order chi connectivity index (χ0) is 13.5. The number of nitrogens with one attached hydrogen (secondary N) is 1. The van der Waals surface area contributed by atoms with E-state index in [-0.39, 0.29) is 11.6 Å². The Labute approximate surface area is 118 Å². The summed E-state index contributed by atoms with van der Waals surface area (Å²) in [5.74, 6) is 1.01. The second kappa shape index (κ2) is 4.66. The van der Waals surface area contributed by atoms with E-state index < -0.39 is 0 Å². The van der Waals surface area contributed by atoms with E-state index >= 15 is 0 Å². The number of thiophene rings is 1. The summed E-state index contributed by atoms with van der Waals surface area (Å²) < 4.78 is 6.04. The van der Waals surface area contributed by atoms with E-state index in [0.29, 0.717) is 0 Å². The molecule has 0 fully saturated rings. The third-order valence-electron chi connectivity index (χ3n) is 3.57. The van der Waals surface area contributed by atoms with Crippen LogP contribution in [0.4, 0.5) is 0 Å². The van der Waals surface area contributed by atoms with Gasteiger partial charge in [0.25, 0.3) is 0 Å². The molecule has 0 amide bonds. The summed E-state index contributed by atoms with van der Waals surface area (Å²) in [5.41, 5.74) is 1.07. The summed E-state index contributed by atoms with van der Waals surface area (Å²) in [7, 11) is 0. The van der Waals surface area contributed by atoms with Crippen molar-refractivity contribution < 1.29 is 4.74 Å². The van der Waals surface area contributed by atoms with E-state index in [0.717, 1.165) is 12.3 Å². The summed E-state index contributed by atoms with van der Waals surface area (Å²) >= 11 is 1.85. The van der Waals surface area contributed by atoms with E-state index in [1.807, 2.05) is 23.5 Å². The Balaban J connectivity index is 1.79. The van der Waals surface area contributed by atoms with Crippen LogP contribution < -0.4 is 10.1 Å². The molecule has 3 heteroatoms. The molecule has 1 atom stereocenters. The van der Waals surface area contributed by atoms with Crippen molar-refractivity contribution in [3.8, 4) is 5.75 Å². The van der Waals surface area contributed by atoms with Crippen LogP contribution in [-0.4, -0.2) is 5.60 Å². The quantitative estimate of drug-likeness (QED) is 0.910. The zero-order valence-corrected chi connectivity index (χ0v) is 12.4. The van der Waals surface area contributed by atoms with Crippen LogP contribution in [0.15, 0.2) is 36.4 Å². The van der Waals surface area contributed by atoms with Crippen LogP contribution in [0.25, 0.3) is 0 Å². The molecule has 1 aliphatic rings. The Morgan fingerprint density at radius 1 is 1.21 bits per heavy atom. The monoisotopic (exact) mass is 273 g/mol. The summed E-state index contributed by atoms with van der Waals surface area (Å²) in [6.45, 7) is 7.32. The van der Waals surface area contributed by atoms with Gasteiger partial charge in [0.1, 0.15) is 11.4 Å². The molecule has 3 rings (SSSR count). The van der Waals surface area contributed by atoms with E-state index in [9.17, 15) is 0 Å². The van der Waals surface area contributed by atoms with Crippen molar-refractivity contribution in [1.82, 2.24) is 5.32 Å². The minimum atomic E-state index is -0.198. The molecule has 0 aliphatic carbocycles. The van der Waals surface area contributed by atoms with Crippen molar-refractivity contribution in [3.63, 3.8) is 0 Å². The highest BCUT2D eigenvalue weighted by Gasteiger charge is 2.40. The van der Waals surface area contributed by atoms with Crippen molar-refractivity contribution in [2.24, 2.45) is 0 Å². The number of hydrogen-bond acceptors (Lipinski definition) is 3. The smallest absolute Gasteiger partial charge is 0.125 e. The molecule has 1 N–H and O–H groups in total. The minimum Gasteiger partial charge on any atom is -0.486 e. The second-order valence-electron chi connectivity index (χ2n) is 5.57. The third-order valence-corrected chi connectivity index (χ3v) is 4.58. The van der Waals surface area contributed by atoms with Gasteiger partial charge >= 0.3 is 0 Å². The number of ether oxygens (including phenoxy) is 1. The molecule has 1 aliphatic heterocycles. The topological polar surface area (TPSA) is 21.3 Å². The highest BCUT2D eigenvalue weighted by Crippen LogP contribution is 2.42. The first-order chi connectivity index (χ1) is 9.06. The average molecular weight is 273 g/mol. The van der Waals surface area contributed by atoms with Gasteiger partial charge in [-0.15, -0.1) is 11.3 Å². The Morgan fingerprint density at radius 2 is 2.00 bits per heavy atom. The first kappa shape index (κ1) is 12.7. The first-order valence-corrected chi connectivity index (χ1v) is 7.44. The van der Waals surface area contributed by atoms with Gasteiger partial charge in [0.2, 0.25) is 0 Å². The maximum atomic E-state index is 6.04. The van der Waals surface area contributed by atoms with Gasteiger partial charge in [-0.2, -0.15) is 0 Å². The number of hydrogen-bond donors (Lipinski definition) is 1. The highest BCUT2D eigenvalue weighted by atomic mass is 32.1. The van der Waals surface area contributed by atoms with Gasteiger partial charge in [-0.05, 0) is 39.0 Å². The zero-order valence-electron chi connectivity index (χ0n) is 11.6. The summed E-state index contributed by atoms with van der Waals surface area (Å²) in [6, 6.07) is 12.9. The molecule has 19 heavy (non-hydrogen) atoms. The number of benzene rings is 1. The fraction of sp³-hybridized carbons (Fsp3) is 0.375. The Kier molecular flexibility index (Phi) is 3.11. The summed E-state index contributed by atoms with van der Waals surface area (Å²) in [5, 5.41) is 3.64. The van der Waals surface area contributed by atoms with Gasteiger partial charge in [-0.25, -0.2) is 0 Å². The van der Waals surface area contributed by atoms with Crippen LogP contribution in [-0.2, 0) is 6.54 Å². The van der Waals surface area contributed by atoms with Crippen molar-refractivity contribution in [1.29, 1.82) is 0 Å². The van der Waals surface area contributed by atoms with Gasteiger partial charge in [0.05, 0.1) is 6.04 Å². The predicted octanol–water partition coefficient (Wildman–Crippen LogP) is 4.06. The van der Waals surface area contributed by atoms with Crippen molar-refractivity contribution in [2.75, 3.05) is 0 Å². The van der Waals surface area contributed by atoms with E-state index in [4.69, 9.17) is 4.74 Å². The van der Waals surface area contributed by atoms with Crippen LogP contribution in [0.3, 0.4) is 0 Å². The molecule has 1 aromatic heterocycles. The normalized spacial score (nSPS) is 20.1. The molecule has 2 nitrogen and oxygen atoms in total. The fourth-order valence-corrected chi connectivity index (χ4v) is 3.51. The Hall–Kier alpha value is -1.32. The highest BCUT2D eigenvalue weighted by molar-refractivity contribution is 7.11. The lowest BCUT2D eigenvalue weighted by molar-refractivity contribution is 0.0959. The Morgan fingerprint density at radius 3 is 2.74 bits per heavy atom. The maximum Gasteiger partial charge on any atom is 0.125 e. The molecular weight excluding hydrogens is 254 g/mol. The molecule has 2 heterocycles. The summed E-state index contributed by atoms with van der Waals surface area (Å²) in [4.78, 5) is 2.73. The predicted molar refractivity (Wildman–Crippen MR) is 79.8 cm³/mol. The number of para-hydroxylation sites is 1. The van der Waals surface area contributed by atoms with Crippen molar-refractivity contribution in [2.45, 2.75) is 39.0 Å². The molecule has 1 aromatic carbocycles. The molecule has 0 saturated carbocycles. The van der Waals surface area contributed by atoms with Gasteiger partial charge in [-0.1, -0.05) is 18.2 Å². The van der Waals surface area contributed by atoms with Crippen LogP contribution in [0.2, 0.25) is 0 Å². The number of aryl methyl sites for hydroxylation is 1. The van der Waals surface area contributed by atoms with Gasteiger partial charge in [-0.3, -0.25) is 0 Å². The van der Waals surface area contributed by atoms with Crippen molar-refractivity contribution in [3.05, 3.63) is 51.7 Å². The second-order valence-corrected chi connectivity index (χ2v) is 6.94. The molecule has 0 bridgehead atoms. The molecule has 0 spiro atoms. The minimum absolute atomic E-state index is 0.198. The van der Waals surface area contributed by atoms with Gasteiger partial charge in [0, 0.05) is 21.9 Å². The molecular formula is C16H19NOS. The number of fused-ring (bicyclic) bond motifs is 1. The average Bonchev–Trinajstić information content (AvgIpc) is 2.87. The lowest BCUT2D eigenvalue weighted by atomic mass is 9.94. The molecule has 2 aromatic rings. The van der Waals surface area contributed by atoms with Gasteiger partial charge in [0.15, 0.2) is 0 Å². The van der Waals surface area contributed by atoms with Crippen molar-refractivity contribution >= 4 is 11.3 Å². The largest absolute Gasteiger partial charge is 0.486 e. The standard InChI is InChI=1S/C16H19NOS/c1-11-8-9-12(19-11)10-17-15-13-6-4-5-7-14(13)18-16(15,2)3/h4-9,15,17H,10H2,1-3H3. The number of rotatable bonds is 3. The van der Waals surface area contributed by atoms with E-state index in [1.165, 1.54) is 15.3 Å². The lowest BCUT2D eigenvalue weighted by Crippen LogP contribution is -2.38. The fourth-order valence-electron chi connectivity index (χ4n) is 2.67. The first-order valence-electron chi connectivity index (χ1n) is 6.63. The molecule has 0 saturated heterocycles. The van der Waals surface area contributed by atoms with Gasteiger partial charge < -0.3 is 10.1 Å². The third kappa shape index (κ3) is 2.40. The SMILES string of the molecule is Cc1ccc(CNC2c3ccccc3OC2(C)C)s1. The molecule has 100 valence electrons. The van der Waals surface area contributed by atoms with E-state index in [2.05, 4.69) is 50.4 Å². The van der Waals surface area contributed by atoms with E-state index in [1.54, 1.807) is 0 Å². The molecule has 0 radical (unpaired) electrons. The molecule has 1 unspecified atom stereocenters. The Bertz CT molecular complexity index is 588. The lowest BCUT2D eigenvalue weighted by Gasteiger charge is -2.27. The van der Waals surface area contributed by atoms with Crippen LogP contribution in [0.1, 0.15) is 35.2 Å².